The molecule has 4 aliphatic heterocycles. The average molecular weight is 559 g/mol. The molecule has 3 fully saturated rings. The lowest BCUT2D eigenvalue weighted by Gasteiger charge is -2.43. The molecular weight excluding hydrogens is 520 g/mol. The van der Waals surface area contributed by atoms with E-state index in [-0.39, 0.29) is 17.2 Å². The Balaban J connectivity index is 1.28. The summed E-state index contributed by atoms with van der Waals surface area (Å²) in [4.78, 5) is 25.1. The van der Waals surface area contributed by atoms with E-state index < -0.39 is 0 Å². The van der Waals surface area contributed by atoms with Gasteiger partial charge in [0.1, 0.15) is 11.5 Å². The van der Waals surface area contributed by atoms with Crippen LogP contribution in [0.5, 0.6) is 0 Å². The molecule has 8 rings (SSSR count). The van der Waals surface area contributed by atoms with Gasteiger partial charge in [0.25, 0.3) is 0 Å². The Morgan fingerprint density at radius 3 is 2.70 bits per heavy atom. The Hall–Kier alpha value is -3.27. The van der Waals surface area contributed by atoms with E-state index in [4.69, 9.17) is 0 Å². The van der Waals surface area contributed by atoms with Gasteiger partial charge in [-0.15, -0.1) is 5.10 Å². The summed E-state index contributed by atoms with van der Waals surface area (Å²) in [5.74, 6) is 1.16. The molecule has 210 valence electrons. The second-order valence-corrected chi connectivity index (χ2v) is 13.5. The summed E-state index contributed by atoms with van der Waals surface area (Å²) in [7, 11) is 2.00. The van der Waals surface area contributed by atoms with Gasteiger partial charge in [-0.3, -0.25) is 4.79 Å². The van der Waals surface area contributed by atoms with E-state index in [1.165, 1.54) is 18.5 Å². The van der Waals surface area contributed by atoms with Crippen LogP contribution in [-0.4, -0.2) is 75.8 Å². The van der Waals surface area contributed by atoms with Crippen LogP contribution in [0.2, 0.25) is 0 Å². The fourth-order valence-corrected chi connectivity index (χ4v) is 7.23. The maximum absolute atomic E-state index is 13.6. The van der Waals surface area contributed by atoms with Gasteiger partial charge in [0, 0.05) is 62.5 Å². The van der Waals surface area contributed by atoms with Crippen LogP contribution >= 0.6 is 11.9 Å². The molecule has 40 heavy (non-hydrogen) atoms. The predicted octanol–water partition coefficient (Wildman–Crippen LogP) is 4.85. The molecule has 6 heterocycles. The van der Waals surface area contributed by atoms with Gasteiger partial charge >= 0.3 is 0 Å². The molecule has 1 N–H and O–H groups in total. The number of piperidine rings is 2. The quantitative estimate of drug-likeness (QED) is 0.457. The van der Waals surface area contributed by atoms with Crippen LogP contribution in [0, 0.1) is 11.3 Å². The fourth-order valence-electron chi connectivity index (χ4n) is 6.43. The summed E-state index contributed by atoms with van der Waals surface area (Å²) in [6, 6.07) is 10.7. The Kier molecular flexibility index (Phi) is 6.60. The fraction of sp³-hybridized carbons (Fsp3) is 0.533. The van der Waals surface area contributed by atoms with Crippen molar-refractivity contribution in [1.82, 2.24) is 24.9 Å². The maximum atomic E-state index is 13.6. The lowest BCUT2D eigenvalue weighted by atomic mass is 9.79. The molecule has 0 radical (unpaired) electrons. The molecule has 9 nitrogen and oxygen atoms in total. The van der Waals surface area contributed by atoms with Gasteiger partial charge in [0.05, 0.1) is 23.5 Å². The summed E-state index contributed by atoms with van der Waals surface area (Å²) in [5, 5.41) is 9.90. The summed E-state index contributed by atoms with van der Waals surface area (Å²) in [6.07, 6.45) is 10.4. The summed E-state index contributed by atoms with van der Waals surface area (Å²) >= 11 is 1.83. The number of benzene rings is 1. The van der Waals surface area contributed by atoms with E-state index in [0.29, 0.717) is 6.54 Å². The molecule has 1 aromatic carbocycles. The number of anilines is 3. The number of amides is 1. The van der Waals surface area contributed by atoms with E-state index in [9.17, 15) is 4.79 Å². The highest BCUT2D eigenvalue weighted by molar-refractivity contribution is 8.01. The molecule has 1 atom stereocenters. The smallest absolute Gasteiger partial charge is 0.227 e. The summed E-state index contributed by atoms with van der Waals surface area (Å²) in [5.41, 5.74) is 5.22. The molecule has 10 heteroatoms. The third-order valence-electron chi connectivity index (χ3n) is 9.03. The van der Waals surface area contributed by atoms with Crippen molar-refractivity contribution >= 4 is 35.0 Å². The van der Waals surface area contributed by atoms with E-state index in [2.05, 4.69) is 61.0 Å². The number of nitrogens with zero attached hydrogens (tertiary/aromatic N) is 7. The van der Waals surface area contributed by atoms with Crippen molar-refractivity contribution in [3.8, 4) is 16.9 Å². The van der Waals surface area contributed by atoms with Crippen LogP contribution in [0.1, 0.15) is 45.4 Å². The molecule has 1 aliphatic carbocycles. The molecule has 3 aromatic rings. The molecule has 0 spiro atoms. The van der Waals surface area contributed by atoms with E-state index >= 15 is 0 Å². The van der Waals surface area contributed by atoms with Crippen molar-refractivity contribution in [2.45, 2.75) is 50.7 Å². The molecule has 5 aliphatic rings. The van der Waals surface area contributed by atoms with Gasteiger partial charge in [0.2, 0.25) is 5.91 Å². The highest BCUT2D eigenvalue weighted by atomic mass is 32.2. The average Bonchev–Trinajstić information content (AvgIpc) is 3.69. The Bertz CT molecular complexity index is 1400. The number of hydrogen-bond acceptors (Lipinski definition) is 8. The van der Waals surface area contributed by atoms with Crippen molar-refractivity contribution in [3.05, 3.63) is 42.7 Å². The monoisotopic (exact) mass is 558 g/mol. The van der Waals surface area contributed by atoms with Gasteiger partial charge in [-0.05, 0) is 86.2 Å². The van der Waals surface area contributed by atoms with E-state index in [1.54, 1.807) is 0 Å². The maximum Gasteiger partial charge on any atom is 0.227 e. The number of nitrogens with one attached hydrogen (secondary N) is 1. The predicted molar refractivity (Wildman–Crippen MR) is 161 cm³/mol. The van der Waals surface area contributed by atoms with Crippen LogP contribution in [0.4, 0.5) is 17.2 Å². The zero-order valence-electron chi connectivity index (χ0n) is 23.4. The minimum absolute atomic E-state index is 0.000962. The third-order valence-corrected chi connectivity index (χ3v) is 10.2. The van der Waals surface area contributed by atoms with Crippen LogP contribution < -0.4 is 14.5 Å². The molecule has 1 saturated carbocycles. The summed E-state index contributed by atoms with van der Waals surface area (Å²) in [6.45, 7) is 6.65. The lowest BCUT2D eigenvalue weighted by molar-refractivity contribution is -0.136. The third kappa shape index (κ3) is 5.13. The first-order chi connectivity index (χ1) is 19.4. The van der Waals surface area contributed by atoms with Gasteiger partial charge < -0.3 is 19.4 Å². The molecule has 8 bridgehead atoms. The number of hydrogen-bond donors (Lipinski definition) is 1. The number of carbonyl (C=O) groups excluding carboxylic acids is 1. The van der Waals surface area contributed by atoms with Gasteiger partial charge in [-0.2, -0.15) is 0 Å². The van der Waals surface area contributed by atoms with Crippen LogP contribution in [0.15, 0.2) is 42.7 Å². The molecule has 1 amide bonds. The topological polar surface area (TPSA) is 82.4 Å². The Labute approximate surface area is 240 Å². The van der Waals surface area contributed by atoms with Crippen molar-refractivity contribution in [2.75, 3.05) is 54.3 Å². The largest absolute Gasteiger partial charge is 0.370 e. The Morgan fingerprint density at radius 1 is 1.02 bits per heavy atom. The van der Waals surface area contributed by atoms with Crippen molar-refractivity contribution in [2.24, 2.45) is 11.3 Å². The minimum atomic E-state index is -0.000962. The van der Waals surface area contributed by atoms with Crippen LogP contribution in [0.25, 0.3) is 16.9 Å². The zero-order valence-corrected chi connectivity index (χ0v) is 24.2. The number of fused-ring (bicyclic) bond motifs is 4. The van der Waals surface area contributed by atoms with E-state index in [1.807, 2.05) is 47.0 Å². The molecular formula is C30H38N8OS. The number of rotatable bonds is 3. The number of aromatic nitrogens is 4. The highest BCUT2D eigenvalue weighted by Gasteiger charge is 2.36. The van der Waals surface area contributed by atoms with Gasteiger partial charge in [-0.1, -0.05) is 12.1 Å². The molecule has 2 aromatic heterocycles. The zero-order chi connectivity index (χ0) is 27.3. The van der Waals surface area contributed by atoms with E-state index in [0.717, 1.165) is 85.6 Å². The molecule has 2 saturated heterocycles. The number of carbonyl (C=O) groups is 1. The standard InChI is InChI=1S/C30H38N8OS/c1-30-10-14-36(15-11-30)27-17-23(33-40-24-6-7-24)5-8-26(27)38-19-25(32-34-38)21-9-12-31-28(16-21)37-13-3-4-22(18-37)29(39)35(2)20-30/h5,8-9,12,16-17,19,22,24,33H,3-4,6-7,10-11,13-15,18,20H2,1-2H3. The van der Waals surface area contributed by atoms with Crippen molar-refractivity contribution in [1.29, 1.82) is 0 Å². The number of pyridine rings is 1. The molecule has 1 unspecified atom stereocenters. The first-order valence-electron chi connectivity index (χ1n) is 14.6. The SMILES string of the molecule is CN1CC2(C)CCN(CC2)c2cc(NSC3CC3)ccc2-n2cc(nn2)-c2ccnc(c2)N2CCCC(C2)C1=O. The van der Waals surface area contributed by atoms with Gasteiger partial charge in [-0.25, -0.2) is 9.67 Å². The second-order valence-electron chi connectivity index (χ2n) is 12.4. The minimum Gasteiger partial charge on any atom is -0.370 e. The first kappa shape index (κ1) is 25.7. The van der Waals surface area contributed by atoms with Crippen molar-refractivity contribution in [3.63, 3.8) is 0 Å². The van der Waals surface area contributed by atoms with Gasteiger partial charge in [0.15, 0.2) is 0 Å². The second kappa shape index (κ2) is 10.3. The van der Waals surface area contributed by atoms with Crippen LogP contribution in [-0.2, 0) is 4.79 Å². The van der Waals surface area contributed by atoms with Crippen LogP contribution in [0.3, 0.4) is 0 Å². The normalized spacial score (nSPS) is 24.9. The highest BCUT2D eigenvalue weighted by Crippen LogP contribution is 2.39. The Morgan fingerprint density at radius 2 is 1.88 bits per heavy atom. The first-order valence-corrected chi connectivity index (χ1v) is 15.5. The summed E-state index contributed by atoms with van der Waals surface area (Å²) < 4.78 is 5.50. The lowest BCUT2D eigenvalue weighted by Crippen LogP contribution is -2.49. The van der Waals surface area contributed by atoms with Crippen molar-refractivity contribution < 1.29 is 4.79 Å².